The molecule has 0 N–H and O–H groups in total. The molecule has 5 nitrogen and oxygen atoms in total. The van der Waals surface area contributed by atoms with Gasteiger partial charge in [0.25, 0.3) is 0 Å². The highest BCUT2D eigenvalue weighted by Gasteiger charge is 2.32. The fourth-order valence-corrected chi connectivity index (χ4v) is 4.45. The Labute approximate surface area is 124 Å². The SMILES string of the molecule is CCc1ccc(-c2noc(CC3CCCS3(=O)=O)n2)cc1. The first-order valence-corrected chi connectivity index (χ1v) is 8.93. The van der Waals surface area contributed by atoms with Crippen LogP contribution in [0.15, 0.2) is 28.8 Å². The topological polar surface area (TPSA) is 73.1 Å². The Morgan fingerprint density at radius 1 is 1.29 bits per heavy atom. The summed E-state index contributed by atoms with van der Waals surface area (Å²) in [4.78, 5) is 4.32. The minimum atomic E-state index is -2.98. The van der Waals surface area contributed by atoms with Gasteiger partial charge in [-0.2, -0.15) is 4.98 Å². The summed E-state index contributed by atoms with van der Waals surface area (Å²) < 4.78 is 28.9. The molecule has 2 heterocycles. The monoisotopic (exact) mass is 306 g/mol. The zero-order valence-electron chi connectivity index (χ0n) is 11.9. The van der Waals surface area contributed by atoms with Crippen LogP contribution in [-0.4, -0.2) is 29.6 Å². The maximum Gasteiger partial charge on any atom is 0.228 e. The number of aromatic nitrogens is 2. The minimum Gasteiger partial charge on any atom is -0.339 e. The molecule has 0 bridgehead atoms. The quantitative estimate of drug-likeness (QED) is 0.867. The lowest BCUT2D eigenvalue weighted by atomic mass is 10.1. The molecule has 1 aliphatic heterocycles. The van der Waals surface area contributed by atoms with Crippen LogP contribution in [0.2, 0.25) is 0 Å². The predicted molar refractivity (Wildman–Crippen MR) is 79.6 cm³/mol. The molecule has 0 amide bonds. The zero-order chi connectivity index (χ0) is 14.9. The van der Waals surface area contributed by atoms with Crippen LogP contribution in [0.5, 0.6) is 0 Å². The first-order valence-electron chi connectivity index (χ1n) is 7.22. The van der Waals surface area contributed by atoms with Gasteiger partial charge in [0, 0.05) is 12.0 Å². The summed E-state index contributed by atoms with van der Waals surface area (Å²) >= 11 is 0. The second kappa shape index (κ2) is 5.60. The highest BCUT2D eigenvalue weighted by Crippen LogP contribution is 2.24. The van der Waals surface area contributed by atoms with Crippen LogP contribution in [0, 0.1) is 0 Å². The number of benzene rings is 1. The standard InChI is InChI=1S/C15H18N2O3S/c1-2-11-5-7-12(8-6-11)15-16-14(20-17-15)10-13-4-3-9-21(13,18)19/h5-8,13H,2-4,9-10H2,1H3. The van der Waals surface area contributed by atoms with Crippen molar-refractivity contribution in [1.29, 1.82) is 0 Å². The summed E-state index contributed by atoms with van der Waals surface area (Å²) in [5.74, 6) is 1.19. The van der Waals surface area contributed by atoms with Gasteiger partial charge in [0.2, 0.25) is 11.7 Å². The molecule has 0 radical (unpaired) electrons. The molecule has 1 aromatic carbocycles. The number of rotatable bonds is 4. The number of aryl methyl sites for hydroxylation is 1. The Balaban J connectivity index is 1.76. The van der Waals surface area contributed by atoms with Gasteiger partial charge in [0.1, 0.15) is 0 Å². The molecule has 3 rings (SSSR count). The fraction of sp³-hybridized carbons (Fsp3) is 0.467. The molecular formula is C15H18N2O3S. The first kappa shape index (κ1) is 14.3. The molecule has 1 unspecified atom stereocenters. The molecule has 1 atom stereocenters. The Morgan fingerprint density at radius 3 is 2.67 bits per heavy atom. The van der Waals surface area contributed by atoms with Gasteiger partial charge in [-0.1, -0.05) is 36.3 Å². The van der Waals surface area contributed by atoms with E-state index in [1.54, 1.807) is 0 Å². The molecule has 6 heteroatoms. The average Bonchev–Trinajstić information content (AvgIpc) is 3.07. The molecule has 1 aromatic heterocycles. The van der Waals surface area contributed by atoms with E-state index < -0.39 is 9.84 Å². The largest absolute Gasteiger partial charge is 0.339 e. The van der Waals surface area contributed by atoms with Crippen molar-refractivity contribution >= 4 is 9.84 Å². The highest BCUT2D eigenvalue weighted by molar-refractivity contribution is 7.92. The number of hydrogen-bond acceptors (Lipinski definition) is 5. The van der Waals surface area contributed by atoms with Gasteiger partial charge in [-0.15, -0.1) is 0 Å². The lowest BCUT2D eigenvalue weighted by Gasteiger charge is -2.04. The summed E-state index contributed by atoms with van der Waals surface area (Å²) in [6.07, 6.45) is 2.72. The van der Waals surface area contributed by atoms with Gasteiger partial charge >= 0.3 is 0 Å². The molecule has 1 saturated heterocycles. The van der Waals surface area contributed by atoms with Crippen LogP contribution in [0.25, 0.3) is 11.4 Å². The van der Waals surface area contributed by atoms with Crippen LogP contribution in [0.3, 0.4) is 0 Å². The van der Waals surface area contributed by atoms with Crippen molar-refractivity contribution in [3.8, 4) is 11.4 Å². The molecule has 21 heavy (non-hydrogen) atoms. The third-order valence-electron chi connectivity index (χ3n) is 3.95. The molecule has 0 spiro atoms. The van der Waals surface area contributed by atoms with Crippen molar-refractivity contribution in [2.24, 2.45) is 0 Å². The summed E-state index contributed by atoms with van der Waals surface area (Å²) in [5, 5.41) is 3.58. The van der Waals surface area contributed by atoms with Crippen molar-refractivity contribution in [2.45, 2.75) is 37.9 Å². The molecular weight excluding hydrogens is 288 g/mol. The first-order chi connectivity index (χ1) is 10.1. The van der Waals surface area contributed by atoms with Gasteiger partial charge in [-0.05, 0) is 24.8 Å². The van der Waals surface area contributed by atoms with Crippen molar-refractivity contribution < 1.29 is 12.9 Å². The second-order valence-electron chi connectivity index (χ2n) is 5.40. The van der Waals surface area contributed by atoms with E-state index in [1.807, 2.05) is 24.3 Å². The van der Waals surface area contributed by atoms with Gasteiger partial charge in [0.05, 0.1) is 11.0 Å². The third-order valence-corrected chi connectivity index (χ3v) is 6.23. The Bertz CT molecular complexity index is 720. The van der Waals surface area contributed by atoms with Gasteiger partial charge < -0.3 is 4.52 Å². The third kappa shape index (κ3) is 3.00. The second-order valence-corrected chi connectivity index (χ2v) is 7.80. The van der Waals surface area contributed by atoms with Crippen LogP contribution >= 0.6 is 0 Å². The van der Waals surface area contributed by atoms with Gasteiger partial charge in [0.15, 0.2) is 9.84 Å². The number of hydrogen-bond donors (Lipinski definition) is 0. The van der Waals surface area contributed by atoms with E-state index in [1.165, 1.54) is 5.56 Å². The van der Waals surface area contributed by atoms with Crippen molar-refractivity contribution in [1.82, 2.24) is 10.1 Å². The maximum atomic E-state index is 11.8. The van der Waals surface area contributed by atoms with Crippen LogP contribution in [0.1, 0.15) is 31.2 Å². The van der Waals surface area contributed by atoms with Crippen LogP contribution in [-0.2, 0) is 22.7 Å². The highest BCUT2D eigenvalue weighted by atomic mass is 32.2. The Morgan fingerprint density at radius 2 is 2.05 bits per heavy atom. The van der Waals surface area contributed by atoms with E-state index in [0.29, 0.717) is 24.6 Å². The van der Waals surface area contributed by atoms with E-state index in [-0.39, 0.29) is 11.0 Å². The van der Waals surface area contributed by atoms with E-state index in [4.69, 9.17) is 4.52 Å². The summed E-state index contributed by atoms with van der Waals surface area (Å²) in [6.45, 7) is 2.10. The van der Waals surface area contributed by atoms with Gasteiger partial charge in [-0.3, -0.25) is 0 Å². The molecule has 0 saturated carbocycles. The lowest BCUT2D eigenvalue weighted by molar-refractivity contribution is 0.375. The summed E-state index contributed by atoms with van der Waals surface area (Å²) in [5.41, 5.74) is 2.14. The predicted octanol–water partition coefficient (Wildman–Crippen LogP) is 2.42. The van der Waals surface area contributed by atoms with E-state index >= 15 is 0 Å². The lowest BCUT2D eigenvalue weighted by Crippen LogP contribution is -2.18. The van der Waals surface area contributed by atoms with Crippen molar-refractivity contribution in [3.05, 3.63) is 35.7 Å². The zero-order valence-corrected chi connectivity index (χ0v) is 12.8. The molecule has 1 fully saturated rings. The molecule has 2 aromatic rings. The normalized spacial score (nSPS) is 20.7. The Kier molecular flexibility index (Phi) is 3.80. The number of sulfone groups is 1. The molecule has 0 aliphatic carbocycles. The van der Waals surface area contributed by atoms with E-state index in [2.05, 4.69) is 17.1 Å². The summed E-state index contributed by atoms with van der Waals surface area (Å²) in [6, 6.07) is 7.99. The van der Waals surface area contributed by atoms with Crippen LogP contribution < -0.4 is 0 Å². The van der Waals surface area contributed by atoms with Crippen LogP contribution in [0.4, 0.5) is 0 Å². The van der Waals surface area contributed by atoms with Crippen molar-refractivity contribution in [3.63, 3.8) is 0 Å². The number of nitrogens with zero attached hydrogens (tertiary/aromatic N) is 2. The summed E-state index contributed by atoms with van der Waals surface area (Å²) in [7, 11) is -2.98. The van der Waals surface area contributed by atoms with Crippen molar-refractivity contribution in [2.75, 3.05) is 5.75 Å². The Hall–Kier alpha value is -1.69. The molecule has 112 valence electrons. The minimum absolute atomic E-state index is 0.275. The smallest absolute Gasteiger partial charge is 0.228 e. The van der Waals surface area contributed by atoms with E-state index in [9.17, 15) is 8.42 Å². The van der Waals surface area contributed by atoms with E-state index in [0.717, 1.165) is 18.4 Å². The van der Waals surface area contributed by atoms with Gasteiger partial charge in [-0.25, -0.2) is 8.42 Å². The molecule has 1 aliphatic rings. The maximum absolute atomic E-state index is 11.8. The average molecular weight is 306 g/mol. The fourth-order valence-electron chi connectivity index (χ4n) is 2.63.